The summed E-state index contributed by atoms with van der Waals surface area (Å²) in [5.74, 6) is -2.31. The normalized spacial score (nSPS) is 11.3. The van der Waals surface area contributed by atoms with Crippen molar-refractivity contribution < 1.29 is 22.4 Å². The molecule has 122 valence electrons. The maximum absolute atomic E-state index is 13.6. The van der Waals surface area contributed by atoms with Crippen LogP contribution in [0.15, 0.2) is 42.6 Å². The van der Waals surface area contributed by atoms with E-state index in [-0.39, 0.29) is 12.4 Å². The van der Waals surface area contributed by atoms with Gasteiger partial charge in [0.2, 0.25) is 0 Å². The fourth-order valence-electron chi connectivity index (χ4n) is 2.00. The molecule has 1 aromatic heterocycles. The number of carbonyl (C=O) groups is 1. The monoisotopic (exact) mass is 326 g/mol. The molecule has 0 bridgehead atoms. The summed E-state index contributed by atoms with van der Waals surface area (Å²) in [4.78, 5) is 14.8. The standard InChI is InChI=1S/C16H14F4N2O/c17-13-6-2-1-5-12(13)14-8-7-11(10-22-14)4-3-9-21-15(23)16(18,19)20/h1-2,5-8,10H,3-4,9H2,(H,21,23). The summed E-state index contributed by atoms with van der Waals surface area (Å²) in [6.45, 7) is -0.0760. The van der Waals surface area contributed by atoms with Gasteiger partial charge in [0.25, 0.3) is 0 Å². The van der Waals surface area contributed by atoms with E-state index in [1.54, 1.807) is 41.8 Å². The Labute approximate surface area is 130 Å². The second-order valence-corrected chi connectivity index (χ2v) is 4.89. The number of rotatable bonds is 5. The van der Waals surface area contributed by atoms with Gasteiger partial charge >= 0.3 is 12.1 Å². The number of aryl methyl sites for hydroxylation is 1. The van der Waals surface area contributed by atoms with Gasteiger partial charge in [-0.05, 0) is 36.6 Å². The minimum absolute atomic E-state index is 0.0760. The molecule has 0 saturated heterocycles. The van der Waals surface area contributed by atoms with Crippen LogP contribution in [0.3, 0.4) is 0 Å². The number of hydrogen-bond donors (Lipinski definition) is 1. The summed E-state index contributed by atoms with van der Waals surface area (Å²) < 4.78 is 49.6. The molecule has 0 unspecified atom stereocenters. The van der Waals surface area contributed by atoms with E-state index in [1.807, 2.05) is 0 Å². The van der Waals surface area contributed by atoms with Crippen LogP contribution in [0, 0.1) is 5.82 Å². The molecule has 2 aromatic rings. The van der Waals surface area contributed by atoms with Crippen LogP contribution < -0.4 is 5.32 Å². The van der Waals surface area contributed by atoms with Crippen LogP contribution in [0.25, 0.3) is 11.3 Å². The lowest BCUT2D eigenvalue weighted by Gasteiger charge is -2.08. The third-order valence-corrected chi connectivity index (χ3v) is 3.16. The molecule has 2 rings (SSSR count). The third kappa shape index (κ3) is 4.77. The van der Waals surface area contributed by atoms with Crippen LogP contribution in [-0.2, 0) is 11.2 Å². The van der Waals surface area contributed by atoms with Gasteiger partial charge in [-0.2, -0.15) is 13.2 Å². The second-order valence-electron chi connectivity index (χ2n) is 4.89. The van der Waals surface area contributed by atoms with Crippen LogP contribution in [0.5, 0.6) is 0 Å². The fourth-order valence-corrected chi connectivity index (χ4v) is 2.00. The van der Waals surface area contributed by atoms with Gasteiger partial charge in [0.1, 0.15) is 5.82 Å². The van der Waals surface area contributed by atoms with Crippen molar-refractivity contribution in [3.63, 3.8) is 0 Å². The summed E-state index contributed by atoms with van der Waals surface area (Å²) in [5, 5.41) is 1.80. The Hall–Kier alpha value is -2.44. The first-order chi connectivity index (χ1) is 10.9. The van der Waals surface area contributed by atoms with Crippen molar-refractivity contribution in [3.8, 4) is 11.3 Å². The van der Waals surface area contributed by atoms with Crippen molar-refractivity contribution in [2.45, 2.75) is 19.0 Å². The van der Waals surface area contributed by atoms with E-state index in [4.69, 9.17) is 0 Å². The predicted molar refractivity (Wildman–Crippen MR) is 77.0 cm³/mol. The average Bonchev–Trinajstić information content (AvgIpc) is 2.51. The molecular weight excluding hydrogens is 312 g/mol. The molecule has 7 heteroatoms. The molecule has 1 aromatic carbocycles. The summed E-state index contributed by atoms with van der Waals surface area (Å²) in [6, 6.07) is 9.64. The Morgan fingerprint density at radius 2 is 1.87 bits per heavy atom. The summed E-state index contributed by atoms with van der Waals surface area (Å²) in [6.07, 6.45) is -2.50. The molecule has 1 amide bonds. The summed E-state index contributed by atoms with van der Waals surface area (Å²) in [5.41, 5.74) is 1.67. The molecule has 1 N–H and O–H groups in total. The highest BCUT2D eigenvalue weighted by Gasteiger charge is 2.38. The molecule has 0 fully saturated rings. The lowest BCUT2D eigenvalue weighted by atomic mass is 10.1. The first-order valence-electron chi connectivity index (χ1n) is 6.93. The van der Waals surface area contributed by atoms with Crippen LogP contribution in [0.2, 0.25) is 0 Å². The lowest BCUT2D eigenvalue weighted by molar-refractivity contribution is -0.173. The molecular formula is C16H14F4N2O. The molecule has 0 aliphatic rings. The molecule has 23 heavy (non-hydrogen) atoms. The number of halogens is 4. The zero-order valence-corrected chi connectivity index (χ0v) is 12.0. The number of aromatic nitrogens is 1. The molecule has 0 radical (unpaired) electrons. The second kappa shape index (κ2) is 7.21. The Morgan fingerprint density at radius 3 is 2.48 bits per heavy atom. The van der Waals surface area contributed by atoms with Gasteiger partial charge < -0.3 is 5.32 Å². The van der Waals surface area contributed by atoms with E-state index in [0.717, 1.165) is 5.56 Å². The van der Waals surface area contributed by atoms with Crippen LogP contribution in [-0.4, -0.2) is 23.6 Å². The Bertz CT molecular complexity index is 669. The summed E-state index contributed by atoms with van der Waals surface area (Å²) in [7, 11) is 0. The van der Waals surface area contributed by atoms with Crippen molar-refractivity contribution in [1.82, 2.24) is 10.3 Å². The van der Waals surface area contributed by atoms with Crippen molar-refractivity contribution in [3.05, 3.63) is 54.0 Å². The molecule has 1 heterocycles. The number of hydrogen-bond acceptors (Lipinski definition) is 2. The van der Waals surface area contributed by atoms with E-state index in [0.29, 0.717) is 24.1 Å². The third-order valence-electron chi connectivity index (χ3n) is 3.16. The molecule has 0 aliphatic heterocycles. The van der Waals surface area contributed by atoms with Crippen LogP contribution in [0.4, 0.5) is 17.6 Å². The zero-order chi connectivity index (χ0) is 16.9. The van der Waals surface area contributed by atoms with Gasteiger partial charge in [-0.1, -0.05) is 18.2 Å². The number of alkyl halides is 3. The quantitative estimate of drug-likeness (QED) is 0.675. The van der Waals surface area contributed by atoms with Crippen LogP contribution in [0.1, 0.15) is 12.0 Å². The number of nitrogens with one attached hydrogen (secondary N) is 1. The lowest BCUT2D eigenvalue weighted by Crippen LogP contribution is -2.37. The van der Waals surface area contributed by atoms with Crippen LogP contribution >= 0.6 is 0 Å². The van der Waals surface area contributed by atoms with E-state index >= 15 is 0 Å². The van der Waals surface area contributed by atoms with E-state index in [1.165, 1.54) is 6.07 Å². The van der Waals surface area contributed by atoms with Gasteiger partial charge in [-0.15, -0.1) is 0 Å². The van der Waals surface area contributed by atoms with Crippen molar-refractivity contribution in [1.29, 1.82) is 0 Å². The highest BCUT2D eigenvalue weighted by molar-refractivity contribution is 5.81. The van der Waals surface area contributed by atoms with Gasteiger partial charge in [0.05, 0.1) is 5.69 Å². The molecule has 3 nitrogen and oxygen atoms in total. The van der Waals surface area contributed by atoms with E-state index in [9.17, 15) is 22.4 Å². The van der Waals surface area contributed by atoms with Gasteiger partial charge in [0.15, 0.2) is 0 Å². The summed E-state index contributed by atoms with van der Waals surface area (Å²) >= 11 is 0. The Kier molecular flexibility index (Phi) is 5.31. The maximum atomic E-state index is 13.6. The van der Waals surface area contributed by atoms with Crippen molar-refractivity contribution in [2.75, 3.05) is 6.54 Å². The minimum atomic E-state index is -4.86. The van der Waals surface area contributed by atoms with E-state index in [2.05, 4.69) is 4.98 Å². The maximum Gasteiger partial charge on any atom is 0.471 e. The minimum Gasteiger partial charge on any atom is -0.348 e. The van der Waals surface area contributed by atoms with Crippen molar-refractivity contribution >= 4 is 5.91 Å². The number of nitrogens with zero attached hydrogens (tertiary/aromatic N) is 1. The van der Waals surface area contributed by atoms with E-state index < -0.39 is 12.1 Å². The molecule has 0 aliphatic carbocycles. The fraction of sp³-hybridized carbons (Fsp3) is 0.250. The molecule has 0 spiro atoms. The molecule has 0 saturated carbocycles. The predicted octanol–water partition coefficient (Wildman–Crippen LogP) is 3.50. The Morgan fingerprint density at radius 1 is 1.13 bits per heavy atom. The first-order valence-corrected chi connectivity index (χ1v) is 6.93. The number of carbonyl (C=O) groups excluding carboxylic acids is 1. The van der Waals surface area contributed by atoms with Crippen molar-refractivity contribution in [2.24, 2.45) is 0 Å². The highest BCUT2D eigenvalue weighted by atomic mass is 19.4. The topological polar surface area (TPSA) is 42.0 Å². The van der Waals surface area contributed by atoms with Gasteiger partial charge in [0, 0.05) is 18.3 Å². The SMILES string of the molecule is O=C(NCCCc1ccc(-c2ccccc2F)nc1)C(F)(F)F. The first kappa shape index (κ1) is 16.9. The highest BCUT2D eigenvalue weighted by Crippen LogP contribution is 2.20. The zero-order valence-electron chi connectivity index (χ0n) is 12.0. The number of amides is 1. The smallest absolute Gasteiger partial charge is 0.348 e. The Balaban J connectivity index is 1.87. The number of pyridine rings is 1. The van der Waals surface area contributed by atoms with Gasteiger partial charge in [-0.25, -0.2) is 4.39 Å². The number of benzene rings is 1. The van der Waals surface area contributed by atoms with Gasteiger partial charge in [-0.3, -0.25) is 9.78 Å². The molecule has 0 atom stereocenters. The average molecular weight is 326 g/mol. The largest absolute Gasteiger partial charge is 0.471 e.